The highest BCUT2D eigenvalue weighted by molar-refractivity contribution is 5.73. The predicted molar refractivity (Wildman–Crippen MR) is 128 cm³/mol. The lowest BCUT2D eigenvalue weighted by Gasteiger charge is -2.19. The molecule has 0 rings (SSSR count). The Hall–Kier alpha value is -1.57. The number of rotatable bonds is 24. The van der Waals surface area contributed by atoms with Crippen molar-refractivity contribution in [3.05, 3.63) is 0 Å². The van der Waals surface area contributed by atoms with Crippen LogP contribution in [0.1, 0.15) is 38.5 Å². The number of urea groups is 1. The fourth-order valence-electron chi connectivity index (χ4n) is 3.20. The molecule has 12 heteroatoms. The Morgan fingerprint density at radius 1 is 0.606 bits per heavy atom. The van der Waals surface area contributed by atoms with Gasteiger partial charge in [0.05, 0.1) is 33.0 Å². The summed E-state index contributed by atoms with van der Waals surface area (Å²) >= 11 is 0. The number of unbranched alkanes of at least 4 members (excludes halogenated alkanes) is 3. The first-order valence-electron chi connectivity index (χ1n) is 12.2. The van der Waals surface area contributed by atoms with Gasteiger partial charge in [0.2, 0.25) is 0 Å². The van der Waals surface area contributed by atoms with Crippen molar-refractivity contribution in [2.75, 3.05) is 91.9 Å². The Bertz CT molecular complexity index is 449. The third-order valence-corrected chi connectivity index (χ3v) is 4.98. The number of hydrogen-bond acceptors (Lipinski definition) is 9. The van der Waals surface area contributed by atoms with Crippen LogP contribution < -0.4 is 16.1 Å². The van der Waals surface area contributed by atoms with Gasteiger partial charge in [0, 0.05) is 52.4 Å². The van der Waals surface area contributed by atoms with Crippen LogP contribution in [-0.2, 0) is 0 Å². The zero-order chi connectivity index (χ0) is 24.4. The number of carbonyl (C=O) groups excluding carboxylic acids is 1. The molecule has 33 heavy (non-hydrogen) atoms. The monoisotopic (exact) mass is 477 g/mol. The molecular weight excluding hydrogens is 430 g/mol. The van der Waals surface area contributed by atoms with E-state index in [4.69, 9.17) is 20.4 Å². The number of amides is 2. The number of aliphatic hydroxyl groups excluding tert-OH is 4. The Morgan fingerprint density at radius 2 is 1.09 bits per heavy atom. The van der Waals surface area contributed by atoms with Gasteiger partial charge in [0.15, 0.2) is 0 Å². The molecule has 0 aliphatic carbocycles. The summed E-state index contributed by atoms with van der Waals surface area (Å²) in [7, 11) is 0. The minimum Gasteiger partial charge on any atom is -0.395 e. The van der Waals surface area contributed by atoms with Gasteiger partial charge in [-0.15, -0.1) is 0 Å². The maximum absolute atomic E-state index is 11.8. The third-order valence-electron chi connectivity index (χ3n) is 4.98. The summed E-state index contributed by atoms with van der Waals surface area (Å²) in [6.45, 7) is 6.56. The van der Waals surface area contributed by atoms with Crippen LogP contribution in [0.3, 0.4) is 0 Å². The second-order valence-corrected chi connectivity index (χ2v) is 7.75. The Labute approximate surface area is 198 Å². The van der Waals surface area contributed by atoms with E-state index >= 15 is 0 Å². The minimum atomic E-state index is -0.163. The standard InChI is InChI=1S/C21H47N7O5/c29-17-13-27(14-18-30)11-5-8-23-21(33)22-7-3-1-2-4-9-24-26-25-10-6-12-28(15-19-31)16-20-32/h29-32H,1-20H2,(H,24,25)(H2,22,23,33). The molecule has 0 aliphatic heterocycles. The fourth-order valence-corrected chi connectivity index (χ4v) is 3.20. The van der Waals surface area contributed by atoms with E-state index < -0.39 is 0 Å². The fraction of sp³-hybridized carbons (Fsp3) is 0.952. The van der Waals surface area contributed by atoms with Crippen LogP contribution in [0.15, 0.2) is 10.3 Å². The van der Waals surface area contributed by atoms with Crippen LogP contribution in [0.5, 0.6) is 0 Å². The van der Waals surface area contributed by atoms with Crippen molar-refractivity contribution in [2.24, 2.45) is 10.3 Å². The molecule has 0 aromatic carbocycles. The van der Waals surface area contributed by atoms with Crippen molar-refractivity contribution in [3.63, 3.8) is 0 Å². The minimum absolute atomic E-state index is 0.0620. The van der Waals surface area contributed by atoms with E-state index in [1.54, 1.807) is 0 Å². The summed E-state index contributed by atoms with van der Waals surface area (Å²) < 4.78 is 0. The van der Waals surface area contributed by atoms with E-state index in [1.165, 1.54) is 0 Å². The van der Waals surface area contributed by atoms with E-state index in [9.17, 15) is 4.79 Å². The zero-order valence-corrected chi connectivity index (χ0v) is 20.1. The molecule has 0 aromatic rings. The molecule has 0 aliphatic rings. The summed E-state index contributed by atoms with van der Waals surface area (Å²) in [6, 6.07) is -0.163. The Balaban J connectivity index is 3.46. The van der Waals surface area contributed by atoms with Gasteiger partial charge in [-0.25, -0.2) is 4.79 Å². The normalized spacial score (nSPS) is 11.6. The first kappa shape index (κ1) is 31.4. The molecule has 196 valence electrons. The summed E-state index contributed by atoms with van der Waals surface area (Å²) in [6.07, 6.45) is 5.59. The van der Waals surface area contributed by atoms with Crippen LogP contribution in [0.4, 0.5) is 4.79 Å². The lowest BCUT2D eigenvalue weighted by Crippen LogP contribution is -2.38. The van der Waals surface area contributed by atoms with Crippen molar-refractivity contribution in [3.8, 4) is 0 Å². The lowest BCUT2D eigenvalue weighted by atomic mass is 10.2. The quantitative estimate of drug-likeness (QED) is 0.0537. The predicted octanol–water partition coefficient (Wildman–Crippen LogP) is -0.844. The first-order valence-corrected chi connectivity index (χ1v) is 12.2. The zero-order valence-electron chi connectivity index (χ0n) is 20.1. The largest absolute Gasteiger partial charge is 0.395 e. The van der Waals surface area contributed by atoms with Crippen LogP contribution in [0.25, 0.3) is 0 Å². The first-order chi connectivity index (χ1) is 16.2. The van der Waals surface area contributed by atoms with Gasteiger partial charge in [-0.3, -0.25) is 15.2 Å². The van der Waals surface area contributed by atoms with E-state index in [2.05, 4.69) is 26.4 Å². The van der Waals surface area contributed by atoms with Gasteiger partial charge >= 0.3 is 6.03 Å². The second-order valence-electron chi connectivity index (χ2n) is 7.75. The smallest absolute Gasteiger partial charge is 0.314 e. The second kappa shape index (κ2) is 25.1. The van der Waals surface area contributed by atoms with E-state index in [-0.39, 0.29) is 32.5 Å². The lowest BCUT2D eigenvalue weighted by molar-refractivity contribution is 0.159. The van der Waals surface area contributed by atoms with Crippen LogP contribution in [-0.4, -0.2) is 128 Å². The highest BCUT2D eigenvalue weighted by atomic mass is 16.3. The average Bonchev–Trinajstić information content (AvgIpc) is 2.80. The maximum atomic E-state index is 11.8. The van der Waals surface area contributed by atoms with E-state index in [0.29, 0.717) is 45.8 Å². The summed E-state index contributed by atoms with van der Waals surface area (Å²) in [4.78, 5) is 15.7. The molecule has 0 bridgehead atoms. The van der Waals surface area contributed by atoms with Crippen LogP contribution in [0.2, 0.25) is 0 Å². The van der Waals surface area contributed by atoms with Gasteiger partial charge in [-0.2, -0.15) is 5.11 Å². The van der Waals surface area contributed by atoms with Crippen molar-refractivity contribution in [2.45, 2.75) is 38.5 Å². The molecule has 0 radical (unpaired) electrons. The highest BCUT2D eigenvalue weighted by Crippen LogP contribution is 1.98. The molecule has 0 saturated heterocycles. The molecule has 0 atom stereocenters. The third kappa shape index (κ3) is 22.0. The number of carbonyl (C=O) groups is 1. The van der Waals surface area contributed by atoms with Gasteiger partial charge in [0.25, 0.3) is 0 Å². The average molecular weight is 478 g/mol. The van der Waals surface area contributed by atoms with Crippen LogP contribution in [0, 0.1) is 0 Å². The molecule has 0 saturated carbocycles. The molecule has 7 N–H and O–H groups in total. The number of nitrogens with one attached hydrogen (secondary N) is 3. The molecule has 0 fully saturated rings. The molecule has 2 amide bonds. The molecule has 0 unspecified atom stereocenters. The highest BCUT2D eigenvalue weighted by Gasteiger charge is 2.04. The number of hydrogen-bond donors (Lipinski definition) is 7. The molecule has 0 heterocycles. The van der Waals surface area contributed by atoms with Crippen molar-refractivity contribution in [1.82, 2.24) is 25.9 Å². The summed E-state index contributed by atoms with van der Waals surface area (Å²) in [5.74, 6) is 0. The number of aliphatic hydroxyl groups is 4. The SMILES string of the molecule is O=C(NCCCCCCNN=NCCCN(CCO)CCO)NCCCN(CCO)CCO. The van der Waals surface area contributed by atoms with E-state index in [0.717, 1.165) is 58.2 Å². The molecule has 12 nitrogen and oxygen atoms in total. The number of nitrogens with zero attached hydrogens (tertiary/aromatic N) is 4. The van der Waals surface area contributed by atoms with E-state index in [1.807, 2.05) is 9.80 Å². The van der Waals surface area contributed by atoms with Crippen LogP contribution >= 0.6 is 0 Å². The van der Waals surface area contributed by atoms with Gasteiger partial charge < -0.3 is 31.1 Å². The molecular formula is C21H47N7O5. The topological polar surface area (TPSA) is 165 Å². The summed E-state index contributed by atoms with van der Waals surface area (Å²) in [5, 5.41) is 49.5. The van der Waals surface area contributed by atoms with Gasteiger partial charge in [0.1, 0.15) is 0 Å². The Morgan fingerprint density at radius 3 is 1.64 bits per heavy atom. The van der Waals surface area contributed by atoms with Crippen molar-refractivity contribution >= 4 is 6.03 Å². The Kier molecular flexibility index (Phi) is 23.9. The van der Waals surface area contributed by atoms with Crippen molar-refractivity contribution in [1.29, 1.82) is 0 Å². The molecule has 0 aromatic heterocycles. The van der Waals surface area contributed by atoms with Gasteiger partial charge in [-0.1, -0.05) is 18.1 Å². The molecule has 0 spiro atoms. The summed E-state index contributed by atoms with van der Waals surface area (Å²) in [5.41, 5.74) is 2.94. The van der Waals surface area contributed by atoms with Gasteiger partial charge in [-0.05, 0) is 32.2 Å². The van der Waals surface area contributed by atoms with Crippen molar-refractivity contribution < 1.29 is 25.2 Å². The maximum Gasteiger partial charge on any atom is 0.314 e.